The molecular weight excluding hydrogens is 264 g/mol. The summed E-state index contributed by atoms with van der Waals surface area (Å²) in [5.41, 5.74) is 1.46. The van der Waals surface area contributed by atoms with Crippen molar-refractivity contribution in [3.8, 4) is 0 Å². The molecular formula is C13H18N2O3S. The van der Waals surface area contributed by atoms with E-state index >= 15 is 0 Å². The number of benzene rings is 1. The summed E-state index contributed by atoms with van der Waals surface area (Å²) in [5, 5.41) is 3.18. The van der Waals surface area contributed by atoms with Crippen LogP contribution < -0.4 is 9.62 Å². The first-order valence-corrected chi connectivity index (χ1v) is 7.65. The summed E-state index contributed by atoms with van der Waals surface area (Å²) in [4.78, 5) is 11.9. The van der Waals surface area contributed by atoms with E-state index in [0.29, 0.717) is 5.69 Å². The second kappa shape index (κ2) is 4.61. The van der Waals surface area contributed by atoms with E-state index in [1.165, 1.54) is 13.8 Å². The Kier molecular flexibility index (Phi) is 3.40. The van der Waals surface area contributed by atoms with Gasteiger partial charge in [-0.15, -0.1) is 0 Å². The monoisotopic (exact) mass is 282 g/mol. The number of sulfonamides is 1. The van der Waals surface area contributed by atoms with Gasteiger partial charge in [0.15, 0.2) is 4.75 Å². The number of hydrogen-bond donors (Lipinski definition) is 1. The highest BCUT2D eigenvalue weighted by Crippen LogP contribution is 2.38. The Bertz CT molecular complexity index is 591. The number of carbonyl (C=O) groups excluding carboxylic acids is 1. The van der Waals surface area contributed by atoms with Gasteiger partial charge < -0.3 is 5.32 Å². The van der Waals surface area contributed by atoms with E-state index in [0.717, 1.165) is 23.0 Å². The van der Waals surface area contributed by atoms with Crippen LogP contribution in [0.2, 0.25) is 0 Å². The normalized spacial score (nSPS) is 20.2. The average molecular weight is 282 g/mol. The molecule has 0 bridgehead atoms. The molecule has 1 aliphatic heterocycles. The van der Waals surface area contributed by atoms with Crippen molar-refractivity contribution in [3.63, 3.8) is 0 Å². The molecule has 19 heavy (non-hydrogen) atoms. The van der Waals surface area contributed by atoms with Crippen LogP contribution in [0.15, 0.2) is 24.3 Å². The number of nitrogens with one attached hydrogen (secondary N) is 1. The molecule has 1 aliphatic rings. The molecule has 0 aliphatic carbocycles. The molecule has 0 atom stereocenters. The molecule has 2 rings (SSSR count). The number of carbonyl (C=O) groups is 1. The number of rotatable bonds is 4. The lowest BCUT2D eigenvalue weighted by atomic mass is 10.1. The summed E-state index contributed by atoms with van der Waals surface area (Å²) in [6, 6.07) is 6.98. The summed E-state index contributed by atoms with van der Waals surface area (Å²) in [7, 11) is -3.56. The van der Waals surface area contributed by atoms with Crippen molar-refractivity contribution in [2.45, 2.75) is 32.1 Å². The van der Waals surface area contributed by atoms with Gasteiger partial charge in [-0.3, -0.25) is 4.79 Å². The molecule has 0 spiro atoms. The van der Waals surface area contributed by atoms with Gasteiger partial charge >= 0.3 is 0 Å². The van der Waals surface area contributed by atoms with Crippen molar-refractivity contribution in [2.24, 2.45) is 0 Å². The first-order valence-electron chi connectivity index (χ1n) is 6.21. The summed E-state index contributed by atoms with van der Waals surface area (Å²) in [6.07, 6.45) is 0. The Morgan fingerprint density at radius 2 is 1.79 bits per heavy atom. The zero-order valence-corrected chi connectivity index (χ0v) is 12.1. The fourth-order valence-electron chi connectivity index (χ4n) is 1.93. The molecule has 0 aromatic heterocycles. The van der Waals surface area contributed by atoms with Crippen molar-refractivity contribution >= 4 is 21.6 Å². The average Bonchev–Trinajstić information content (AvgIpc) is 2.37. The SMILES string of the molecule is CCNCc1ccc(N2C(=O)C(C)(C)S2(=O)=O)cc1. The van der Waals surface area contributed by atoms with Gasteiger partial charge in [0.05, 0.1) is 5.69 Å². The maximum Gasteiger partial charge on any atom is 0.263 e. The molecule has 6 heteroatoms. The lowest BCUT2D eigenvalue weighted by Gasteiger charge is -2.42. The standard InChI is InChI=1S/C13H18N2O3S/c1-4-14-9-10-5-7-11(8-6-10)15-12(16)13(2,3)19(15,17)18/h5-8,14H,4,9H2,1-3H3. The topological polar surface area (TPSA) is 66.5 Å². The summed E-state index contributed by atoms with van der Waals surface area (Å²) < 4.78 is 23.6. The quantitative estimate of drug-likeness (QED) is 0.902. The number of amides is 1. The Morgan fingerprint density at radius 1 is 1.21 bits per heavy atom. The first kappa shape index (κ1) is 14.0. The highest BCUT2D eigenvalue weighted by molar-refractivity contribution is 7.98. The third kappa shape index (κ3) is 2.04. The van der Waals surface area contributed by atoms with Gasteiger partial charge in [-0.05, 0) is 38.1 Å². The van der Waals surface area contributed by atoms with Gasteiger partial charge in [-0.2, -0.15) is 0 Å². The van der Waals surface area contributed by atoms with E-state index in [2.05, 4.69) is 5.32 Å². The second-order valence-electron chi connectivity index (χ2n) is 5.03. The van der Waals surface area contributed by atoms with Crippen LogP contribution >= 0.6 is 0 Å². The van der Waals surface area contributed by atoms with Gasteiger partial charge in [0.25, 0.3) is 15.9 Å². The van der Waals surface area contributed by atoms with E-state index in [1.807, 2.05) is 19.1 Å². The van der Waals surface area contributed by atoms with E-state index in [4.69, 9.17) is 0 Å². The minimum Gasteiger partial charge on any atom is -0.313 e. The molecule has 0 saturated carbocycles. The number of anilines is 1. The van der Waals surface area contributed by atoms with Crippen molar-refractivity contribution in [1.82, 2.24) is 5.32 Å². The lowest BCUT2D eigenvalue weighted by molar-refractivity contribution is -0.120. The Morgan fingerprint density at radius 3 is 2.26 bits per heavy atom. The Hall–Kier alpha value is -1.40. The van der Waals surface area contributed by atoms with Crippen LogP contribution in [0.5, 0.6) is 0 Å². The third-order valence-electron chi connectivity index (χ3n) is 3.33. The van der Waals surface area contributed by atoms with E-state index in [1.54, 1.807) is 12.1 Å². The van der Waals surface area contributed by atoms with Crippen LogP contribution in [0.4, 0.5) is 5.69 Å². The Labute approximate surface area is 113 Å². The smallest absolute Gasteiger partial charge is 0.263 e. The fraction of sp³-hybridized carbons (Fsp3) is 0.462. The fourth-order valence-corrected chi connectivity index (χ4v) is 3.41. The molecule has 1 N–H and O–H groups in total. The predicted molar refractivity (Wildman–Crippen MR) is 74.3 cm³/mol. The molecule has 1 heterocycles. The summed E-state index contributed by atoms with van der Waals surface area (Å²) in [5.74, 6) is -0.382. The lowest BCUT2D eigenvalue weighted by Crippen LogP contribution is -2.67. The largest absolute Gasteiger partial charge is 0.313 e. The van der Waals surface area contributed by atoms with Crippen LogP contribution in [-0.4, -0.2) is 25.6 Å². The van der Waals surface area contributed by atoms with Gasteiger partial charge in [0.1, 0.15) is 0 Å². The highest BCUT2D eigenvalue weighted by Gasteiger charge is 2.60. The second-order valence-corrected chi connectivity index (χ2v) is 7.37. The van der Waals surface area contributed by atoms with Crippen molar-refractivity contribution in [2.75, 3.05) is 10.8 Å². The van der Waals surface area contributed by atoms with Crippen molar-refractivity contribution in [1.29, 1.82) is 0 Å². The van der Waals surface area contributed by atoms with Gasteiger partial charge in [-0.25, -0.2) is 12.7 Å². The molecule has 5 nitrogen and oxygen atoms in total. The summed E-state index contributed by atoms with van der Waals surface area (Å²) in [6.45, 7) is 6.47. The zero-order chi connectivity index (χ0) is 14.3. The Balaban J connectivity index is 2.23. The van der Waals surface area contributed by atoms with E-state index in [-0.39, 0.29) is 5.91 Å². The number of hydrogen-bond acceptors (Lipinski definition) is 4. The van der Waals surface area contributed by atoms with Crippen LogP contribution in [-0.2, 0) is 21.4 Å². The maximum absolute atomic E-state index is 12.0. The van der Waals surface area contributed by atoms with Gasteiger partial charge in [-0.1, -0.05) is 19.1 Å². The van der Waals surface area contributed by atoms with Crippen LogP contribution in [0.3, 0.4) is 0 Å². The molecule has 1 fully saturated rings. The molecule has 1 amide bonds. The van der Waals surface area contributed by atoms with Crippen LogP contribution in [0, 0.1) is 0 Å². The van der Waals surface area contributed by atoms with Gasteiger partial charge in [0.2, 0.25) is 0 Å². The molecule has 104 valence electrons. The maximum atomic E-state index is 12.0. The van der Waals surface area contributed by atoms with E-state index in [9.17, 15) is 13.2 Å². The minimum absolute atomic E-state index is 0.382. The van der Waals surface area contributed by atoms with Crippen molar-refractivity contribution in [3.05, 3.63) is 29.8 Å². The van der Waals surface area contributed by atoms with Gasteiger partial charge in [0, 0.05) is 6.54 Å². The molecule has 1 saturated heterocycles. The molecule has 1 aromatic carbocycles. The third-order valence-corrected chi connectivity index (χ3v) is 5.66. The molecule has 0 unspecified atom stereocenters. The van der Waals surface area contributed by atoms with Crippen LogP contribution in [0.1, 0.15) is 26.3 Å². The van der Waals surface area contributed by atoms with Crippen LogP contribution in [0.25, 0.3) is 0 Å². The number of nitrogens with zero attached hydrogens (tertiary/aromatic N) is 1. The summed E-state index contributed by atoms with van der Waals surface area (Å²) >= 11 is 0. The molecule has 0 radical (unpaired) electrons. The highest BCUT2D eigenvalue weighted by atomic mass is 32.2. The first-order chi connectivity index (χ1) is 8.82. The van der Waals surface area contributed by atoms with Crippen molar-refractivity contribution < 1.29 is 13.2 Å². The predicted octanol–water partition coefficient (Wildman–Crippen LogP) is 1.25. The van der Waals surface area contributed by atoms with E-state index < -0.39 is 14.8 Å². The molecule has 1 aromatic rings. The minimum atomic E-state index is -3.56. The zero-order valence-electron chi connectivity index (χ0n) is 11.3.